The fourth-order valence-electron chi connectivity index (χ4n) is 2.25. The lowest BCUT2D eigenvalue weighted by Crippen LogP contribution is -2.25. The van der Waals surface area contributed by atoms with E-state index in [0.717, 1.165) is 11.6 Å². The van der Waals surface area contributed by atoms with Crippen molar-refractivity contribution in [3.8, 4) is 0 Å². The SMILES string of the molecule is CC(C)(C)OC(=O)CSc1nc2nc(I)c(Cl)cc2n1COCC[Si](C)(C)C. The molecule has 156 valence electrons. The van der Waals surface area contributed by atoms with Gasteiger partial charge in [-0.05, 0) is 55.5 Å². The van der Waals surface area contributed by atoms with Gasteiger partial charge in [0.05, 0.1) is 16.3 Å². The second kappa shape index (κ2) is 9.63. The van der Waals surface area contributed by atoms with Gasteiger partial charge in [0, 0.05) is 14.7 Å². The van der Waals surface area contributed by atoms with Gasteiger partial charge in [-0.25, -0.2) is 9.97 Å². The Morgan fingerprint density at radius 3 is 2.61 bits per heavy atom. The first-order chi connectivity index (χ1) is 12.9. The molecule has 0 aliphatic carbocycles. The standard InChI is InChI=1S/C18H27ClIN3O3SSi/c1-18(2,3)26-14(24)10-27-17-22-16-13(9-12(19)15(20)21-16)23(17)11-25-7-8-28(4,5)6/h9H,7-8,10-11H2,1-6H3. The highest BCUT2D eigenvalue weighted by Crippen LogP contribution is 2.28. The molecule has 10 heteroatoms. The van der Waals surface area contributed by atoms with Crippen LogP contribution in [-0.4, -0.2) is 46.5 Å². The number of carbonyl (C=O) groups excluding carboxylic acids is 1. The average Bonchev–Trinajstić information content (AvgIpc) is 2.84. The molecule has 2 aromatic rings. The van der Waals surface area contributed by atoms with Crippen molar-refractivity contribution in [2.75, 3.05) is 12.4 Å². The number of hydrogen-bond donors (Lipinski definition) is 0. The highest BCUT2D eigenvalue weighted by molar-refractivity contribution is 14.1. The minimum absolute atomic E-state index is 0.167. The summed E-state index contributed by atoms with van der Waals surface area (Å²) in [5, 5.41) is 1.24. The van der Waals surface area contributed by atoms with Crippen molar-refractivity contribution in [3.63, 3.8) is 0 Å². The smallest absolute Gasteiger partial charge is 0.316 e. The highest BCUT2D eigenvalue weighted by Gasteiger charge is 2.20. The first kappa shape index (κ1) is 23.9. The van der Waals surface area contributed by atoms with Crippen molar-refractivity contribution >= 4 is 71.2 Å². The van der Waals surface area contributed by atoms with E-state index in [1.54, 1.807) is 0 Å². The molecule has 0 amide bonds. The van der Waals surface area contributed by atoms with Gasteiger partial charge in [0.2, 0.25) is 0 Å². The number of hydrogen-bond acceptors (Lipinski definition) is 6. The summed E-state index contributed by atoms with van der Waals surface area (Å²) in [5.41, 5.74) is 0.877. The molecule has 28 heavy (non-hydrogen) atoms. The summed E-state index contributed by atoms with van der Waals surface area (Å²) in [4.78, 5) is 21.1. The van der Waals surface area contributed by atoms with Crippen molar-refractivity contribution in [2.45, 2.75) is 63.9 Å². The molecule has 0 N–H and O–H groups in total. The maximum Gasteiger partial charge on any atom is 0.316 e. The minimum Gasteiger partial charge on any atom is -0.459 e. The number of pyridine rings is 1. The summed E-state index contributed by atoms with van der Waals surface area (Å²) >= 11 is 9.66. The van der Waals surface area contributed by atoms with Crippen LogP contribution < -0.4 is 0 Å². The third-order valence-corrected chi connectivity index (χ3v) is 7.66. The molecule has 0 aliphatic rings. The minimum atomic E-state index is -1.17. The summed E-state index contributed by atoms with van der Waals surface area (Å²) in [7, 11) is -1.17. The predicted molar refractivity (Wildman–Crippen MR) is 126 cm³/mol. The van der Waals surface area contributed by atoms with Gasteiger partial charge < -0.3 is 9.47 Å². The van der Waals surface area contributed by atoms with Crippen LogP contribution in [0.1, 0.15) is 20.8 Å². The number of thioether (sulfide) groups is 1. The predicted octanol–water partition coefficient (Wildman–Crippen LogP) is 5.44. The van der Waals surface area contributed by atoms with Gasteiger partial charge in [0.15, 0.2) is 10.8 Å². The highest BCUT2D eigenvalue weighted by atomic mass is 127. The zero-order valence-electron chi connectivity index (χ0n) is 17.1. The lowest BCUT2D eigenvalue weighted by Gasteiger charge is -2.19. The van der Waals surface area contributed by atoms with E-state index < -0.39 is 13.7 Å². The molecule has 2 rings (SSSR count). The summed E-state index contributed by atoms with van der Waals surface area (Å²) in [6.07, 6.45) is 0. The lowest BCUT2D eigenvalue weighted by molar-refractivity contribution is -0.151. The second-order valence-electron chi connectivity index (χ2n) is 8.65. The maximum atomic E-state index is 12.1. The van der Waals surface area contributed by atoms with Gasteiger partial charge in [-0.3, -0.25) is 9.36 Å². The van der Waals surface area contributed by atoms with Gasteiger partial charge in [0.25, 0.3) is 0 Å². The fourth-order valence-corrected chi connectivity index (χ4v) is 4.30. The van der Waals surface area contributed by atoms with Crippen LogP contribution in [0.2, 0.25) is 30.7 Å². The summed E-state index contributed by atoms with van der Waals surface area (Å²) in [5.74, 6) is -0.114. The fraction of sp³-hybridized carbons (Fsp3) is 0.611. The van der Waals surface area contributed by atoms with E-state index in [4.69, 9.17) is 21.1 Å². The number of fused-ring (bicyclic) bond motifs is 1. The van der Waals surface area contributed by atoms with Crippen LogP contribution in [0.3, 0.4) is 0 Å². The number of ether oxygens (including phenoxy) is 2. The largest absolute Gasteiger partial charge is 0.459 e. The van der Waals surface area contributed by atoms with Crippen molar-refractivity contribution in [1.29, 1.82) is 0 Å². The van der Waals surface area contributed by atoms with Crippen LogP contribution in [0.4, 0.5) is 0 Å². The van der Waals surface area contributed by atoms with E-state index in [2.05, 4.69) is 52.2 Å². The Hall–Kier alpha value is -0.363. The Balaban J connectivity index is 2.19. The van der Waals surface area contributed by atoms with Crippen LogP contribution in [-0.2, 0) is 21.0 Å². The van der Waals surface area contributed by atoms with E-state index in [1.807, 2.05) is 31.4 Å². The number of esters is 1. The van der Waals surface area contributed by atoms with Gasteiger partial charge in [-0.15, -0.1) is 0 Å². The molecule has 6 nitrogen and oxygen atoms in total. The van der Waals surface area contributed by atoms with Gasteiger partial charge in [0.1, 0.15) is 16.0 Å². The van der Waals surface area contributed by atoms with E-state index in [1.165, 1.54) is 11.8 Å². The summed E-state index contributed by atoms with van der Waals surface area (Å²) in [6.45, 7) is 13.5. The Labute approximate surface area is 190 Å². The number of imidazole rings is 1. The molecule has 0 spiro atoms. The van der Waals surface area contributed by atoms with E-state index in [-0.39, 0.29) is 11.7 Å². The third-order valence-electron chi connectivity index (χ3n) is 3.57. The van der Waals surface area contributed by atoms with Crippen molar-refractivity contribution in [2.24, 2.45) is 0 Å². The zero-order valence-corrected chi connectivity index (χ0v) is 21.9. The van der Waals surface area contributed by atoms with Gasteiger partial charge in [-0.2, -0.15) is 0 Å². The molecular weight excluding hydrogens is 529 g/mol. The lowest BCUT2D eigenvalue weighted by atomic mass is 10.2. The first-order valence-electron chi connectivity index (χ1n) is 9.00. The van der Waals surface area contributed by atoms with Crippen molar-refractivity contribution in [3.05, 3.63) is 14.8 Å². The zero-order chi connectivity index (χ0) is 21.1. The van der Waals surface area contributed by atoms with E-state index >= 15 is 0 Å². The molecule has 2 aromatic heterocycles. The second-order valence-corrected chi connectivity index (χ2v) is 16.6. The topological polar surface area (TPSA) is 66.2 Å². The Morgan fingerprint density at radius 2 is 2.00 bits per heavy atom. The van der Waals surface area contributed by atoms with Gasteiger partial charge >= 0.3 is 5.97 Å². The average molecular weight is 556 g/mol. The molecule has 0 saturated heterocycles. The molecule has 0 radical (unpaired) electrons. The molecule has 0 unspecified atom stereocenters. The normalized spacial score (nSPS) is 12.6. The van der Waals surface area contributed by atoms with E-state index in [9.17, 15) is 4.79 Å². The molecule has 0 aromatic carbocycles. The Bertz CT molecular complexity index is 849. The van der Waals surface area contributed by atoms with E-state index in [0.29, 0.717) is 32.9 Å². The van der Waals surface area contributed by atoms with Crippen LogP contribution in [0, 0.1) is 3.70 Å². The Morgan fingerprint density at radius 1 is 1.32 bits per heavy atom. The number of halogens is 2. The Kier molecular flexibility index (Phi) is 8.22. The van der Waals surface area contributed by atoms with Crippen LogP contribution >= 0.6 is 46.0 Å². The maximum absolute atomic E-state index is 12.1. The van der Waals surface area contributed by atoms with Crippen molar-refractivity contribution in [1.82, 2.24) is 14.5 Å². The van der Waals surface area contributed by atoms with Crippen LogP contribution in [0.25, 0.3) is 11.2 Å². The molecule has 0 saturated carbocycles. The molecule has 0 fully saturated rings. The molecule has 0 aliphatic heterocycles. The quantitative estimate of drug-likeness (QED) is 0.108. The van der Waals surface area contributed by atoms with Gasteiger partial charge in [-0.1, -0.05) is 43.0 Å². The number of carbonyl (C=O) groups is 1. The monoisotopic (exact) mass is 555 g/mol. The molecule has 2 heterocycles. The molecular formula is C18H27ClIN3O3SSi. The first-order valence-corrected chi connectivity index (χ1v) is 15.2. The molecule has 0 bridgehead atoms. The number of rotatable bonds is 8. The van der Waals surface area contributed by atoms with Crippen molar-refractivity contribution < 1.29 is 14.3 Å². The number of nitrogens with zero attached hydrogens (tertiary/aromatic N) is 3. The summed E-state index contributed by atoms with van der Waals surface area (Å²) < 4.78 is 13.9. The van der Waals surface area contributed by atoms with Crippen LogP contribution in [0.5, 0.6) is 0 Å². The molecule has 0 atom stereocenters. The third kappa shape index (κ3) is 7.47. The number of aromatic nitrogens is 3. The van der Waals surface area contributed by atoms with Crippen LogP contribution in [0.15, 0.2) is 11.2 Å². The summed E-state index contributed by atoms with van der Waals surface area (Å²) in [6, 6.07) is 2.93.